The molecule has 2 atom stereocenters. The van der Waals surface area contributed by atoms with Crippen LogP contribution in [0.4, 0.5) is 0 Å². The Kier molecular flexibility index (Phi) is 10.7. The average molecular weight is 545 g/mol. The van der Waals surface area contributed by atoms with Crippen LogP contribution in [0.25, 0.3) is 0 Å². The van der Waals surface area contributed by atoms with E-state index in [2.05, 4.69) is 13.8 Å². The number of ether oxygens (including phenoxy) is 2. The first-order valence-corrected chi connectivity index (χ1v) is 12.4. The van der Waals surface area contributed by atoms with Gasteiger partial charge in [0.05, 0.1) is 0 Å². The molecule has 0 aliphatic carbocycles. The topological polar surface area (TPSA) is 18.5 Å². The first-order valence-electron chi connectivity index (χ1n) is 4.61. The van der Waals surface area contributed by atoms with Crippen LogP contribution in [0, 0.1) is 0 Å². The van der Waals surface area contributed by atoms with E-state index in [0.717, 1.165) is 65.5 Å². The molecule has 2 unspecified atom stereocenters. The van der Waals surface area contributed by atoms with E-state index >= 15 is 0 Å². The molecule has 0 aliphatic rings. The molecule has 0 aromatic carbocycles. The summed E-state index contributed by atoms with van der Waals surface area (Å²) < 4.78 is 13.8. The average Bonchev–Trinajstić information content (AvgIpc) is 2.11. The van der Waals surface area contributed by atoms with Gasteiger partial charge in [0, 0.05) is 0 Å². The Labute approximate surface area is 108 Å². The SMILES string of the molecule is CCOC([CH2][Hg])C([CH2][Hg])OCC. The van der Waals surface area contributed by atoms with Crippen LogP contribution in [0.1, 0.15) is 13.8 Å². The molecule has 0 saturated heterocycles. The van der Waals surface area contributed by atoms with Crippen LogP contribution >= 0.6 is 0 Å². The summed E-state index contributed by atoms with van der Waals surface area (Å²) in [5, 5.41) is 0. The third-order valence-electron chi connectivity index (χ3n) is 1.75. The minimum atomic E-state index is 0.413. The van der Waals surface area contributed by atoms with Crippen LogP contribution in [0.5, 0.6) is 0 Å². The van der Waals surface area contributed by atoms with Gasteiger partial charge in [-0.15, -0.1) is 0 Å². The van der Waals surface area contributed by atoms with Gasteiger partial charge in [-0.05, 0) is 0 Å². The summed E-state index contributed by atoms with van der Waals surface area (Å²) in [6.07, 6.45) is 0.826. The second-order valence-electron chi connectivity index (χ2n) is 2.56. The van der Waals surface area contributed by atoms with E-state index < -0.39 is 0 Å². The van der Waals surface area contributed by atoms with Crippen LogP contribution in [-0.2, 0) is 61.7 Å². The van der Waals surface area contributed by atoms with Gasteiger partial charge in [-0.2, -0.15) is 0 Å². The quantitative estimate of drug-likeness (QED) is 0.454. The van der Waals surface area contributed by atoms with Crippen molar-refractivity contribution in [1.82, 2.24) is 0 Å². The molecule has 2 nitrogen and oxygen atoms in total. The van der Waals surface area contributed by atoms with E-state index in [1.165, 1.54) is 7.86 Å². The summed E-state index contributed by atoms with van der Waals surface area (Å²) in [5.41, 5.74) is 0. The van der Waals surface area contributed by atoms with Crippen molar-refractivity contribution in [2.45, 2.75) is 33.9 Å². The first kappa shape index (κ1) is 13.8. The Bertz CT molecular complexity index is 89.1. The van der Waals surface area contributed by atoms with Crippen LogP contribution in [0.3, 0.4) is 0 Å². The molecule has 12 heavy (non-hydrogen) atoms. The molecule has 4 heteroatoms. The number of hydrogen-bond acceptors (Lipinski definition) is 2. The molecule has 0 radical (unpaired) electrons. The minimum absolute atomic E-state index is 0.413. The standard InChI is InChI=1S/C8H16O2.2Hg/c1-5-9-7(3)8(4)10-6-2;;/h7-8H,3-6H2,1-2H3;;. The predicted molar refractivity (Wildman–Crippen MR) is 40.4 cm³/mol. The summed E-state index contributed by atoms with van der Waals surface area (Å²) >= 11 is 1.67. The van der Waals surface area contributed by atoms with Crippen molar-refractivity contribution in [3.05, 3.63) is 0 Å². The van der Waals surface area contributed by atoms with E-state index in [0.29, 0.717) is 12.2 Å². The fourth-order valence-electron chi connectivity index (χ4n) is 1.18. The van der Waals surface area contributed by atoms with Crippen molar-refractivity contribution in [3.63, 3.8) is 0 Å². The van der Waals surface area contributed by atoms with Crippen LogP contribution in [-0.4, -0.2) is 25.4 Å². The molecular weight excluding hydrogens is 529 g/mol. The molecule has 0 heterocycles. The van der Waals surface area contributed by atoms with Crippen LogP contribution < -0.4 is 0 Å². The molecular formula is C8H16Hg2O2. The van der Waals surface area contributed by atoms with Gasteiger partial charge in [0.1, 0.15) is 0 Å². The van der Waals surface area contributed by atoms with Crippen molar-refractivity contribution in [1.29, 1.82) is 0 Å². The van der Waals surface area contributed by atoms with E-state index in [1.807, 2.05) is 0 Å². The monoisotopic (exact) mass is 548 g/mol. The Balaban J connectivity index is 3.84. The first-order chi connectivity index (χ1) is 5.79. The zero-order valence-electron chi connectivity index (χ0n) is 8.21. The summed E-state index contributed by atoms with van der Waals surface area (Å²) in [5.74, 6) is 0. The Morgan fingerprint density at radius 1 is 0.917 bits per heavy atom. The molecule has 0 fully saturated rings. The molecule has 0 aromatic rings. The van der Waals surface area contributed by atoms with E-state index in [9.17, 15) is 0 Å². The van der Waals surface area contributed by atoms with Crippen molar-refractivity contribution < 1.29 is 61.7 Å². The van der Waals surface area contributed by atoms with Crippen molar-refractivity contribution >= 4 is 0 Å². The fourth-order valence-corrected chi connectivity index (χ4v) is 5.37. The van der Waals surface area contributed by atoms with Crippen molar-refractivity contribution in [2.75, 3.05) is 13.2 Å². The Morgan fingerprint density at radius 2 is 1.25 bits per heavy atom. The summed E-state index contributed by atoms with van der Waals surface area (Å²) in [4.78, 5) is 0. The summed E-state index contributed by atoms with van der Waals surface area (Å²) in [7, 11) is 0. The predicted octanol–water partition coefficient (Wildman–Crippen LogP) is 1.73. The Morgan fingerprint density at radius 3 is 1.42 bits per heavy atom. The number of rotatable bonds is 7. The molecule has 0 saturated carbocycles. The van der Waals surface area contributed by atoms with E-state index in [-0.39, 0.29) is 0 Å². The van der Waals surface area contributed by atoms with Gasteiger partial charge >= 0.3 is 109 Å². The van der Waals surface area contributed by atoms with Gasteiger partial charge in [-0.25, -0.2) is 0 Å². The van der Waals surface area contributed by atoms with Crippen molar-refractivity contribution in [3.8, 4) is 0 Å². The zero-order valence-corrected chi connectivity index (χ0v) is 19.2. The third-order valence-corrected chi connectivity index (χ3v) is 6.17. The maximum atomic E-state index is 5.65. The van der Waals surface area contributed by atoms with Crippen LogP contribution in [0.15, 0.2) is 0 Å². The maximum absolute atomic E-state index is 5.65. The second kappa shape index (κ2) is 9.35. The van der Waals surface area contributed by atoms with E-state index in [4.69, 9.17) is 9.47 Å². The van der Waals surface area contributed by atoms with Gasteiger partial charge < -0.3 is 0 Å². The molecule has 64 valence electrons. The summed E-state index contributed by atoms with van der Waals surface area (Å²) in [6, 6.07) is 0. The fraction of sp³-hybridized carbons (Fsp3) is 1.00. The normalized spacial score (nSPS) is 16.2. The van der Waals surface area contributed by atoms with Gasteiger partial charge in [-0.3, -0.25) is 0 Å². The van der Waals surface area contributed by atoms with Crippen molar-refractivity contribution in [2.24, 2.45) is 0 Å². The second-order valence-corrected chi connectivity index (χ2v) is 7.05. The molecule has 0 aliphatic heterocycles. The molecule has 0 rings (SSSR count). The van der Waals surface area contributed by atoms with Gasteiger partial charge in [-0.1, -0.05) is 0 Å². The zero-order chi connectivity index (χ0) is 9.40. The molecule has 0 N–H and O–H groups in total. The van der Waals surface area contributed by atoms with Gasteiger partial charge in [0.2, 0.25) is 0 Å². The number of hydrogen-bond donors (Lipinski definition) is 0. The molecule has 0 spiro atoms. The molecule has 0 bridgehead atoms. The van der Waals surface area contributed by atoms with Gasteiger partial charge in [0.15, 0.2) is 0 Å². The third kappa shape index (κ3) is 5.51. The summed E-state index contributed by atoms with van der Waals surface area (Å²) in [6.45, 7) is 5.80. The Hall–Kier alpha value is 1.79. The van der Waals surface area contributed by atoms with E-state index in [1.54, 1.807) is 0 Å². The molecule has 0 aromatic heterocycles. The molecule has 0 amide bonds. The van der Waals surface area contributed by atoms with Gasteiger partial charge in [0.25, 0.3) is 0 Å². The van der Waals surface area contributed by atoms with Crippen LogP contribution in [0.2, 0.25) is 7.86 Å².